The third-order valence-electron chi connectivity index (χ3n) is 1.71. The molecule has 5 N–H and O–H groups in total. The first-order valence-electron chi connectivity index (χ1n) is 4.94. The summed E-state index contributed by atoms with van der Waals surface area (Å²) in [4.78, 5) is 11.0. The minimum Gasteiger partial charge on any atom is -0.368 e. The Bertz CT molecular complexity index is 266. The maximum Gasteiger partial charge on any atom is 0.229 e. The van der Waals surface area contributed by atoms with Gasteiger partial charge in [-0.3, -0.25) is 0 Å². The van der Waals surface area contributed by atoms with Gasteiger partial charge in [0.05, 0.1) is 0 Å². The molecule has 1 aromatic rings. The van der Waals surface area contributed by atoms with Crippen LogP contribution < -0.4 is 16.8 Å². The number of nitrogen functional groups attached to an aromatic ring is 2. The first-order chi connectivity index (χ1) is 6.99. The zero-order valence-corrected chi connectivity index (χ0v) is 9.78. The smallest absolute Gasteiger partial charge is 0.229 e. The molecule has 0 saturated carbocycles. The van der Waals surface area contributed by atoms with Crippen molar-refractivity contribution in [3.8, 4) is 0 Å². The van der Waals surface area contributed by atoms with Crippen LogP contribution in [0.1, 0.15) is 27.2 Å². The van der Waals surface area contributed by atoms with Crippen molar-refractivity contribution in [3.05, 3.63) is 0 Å². The van der Waals surface area contributed by atoms with Gasteiger partial charge >= 0.3 is 0 Å². The normalized spacial score (nSPS) is 9.40. The minimum absolute atomic E-state index is 0.122. The molecule has 6 heteroatoms. The second-order valence-corrected chi connectivity index (χ2v) is 3.43. The molecular formula is C9H20N6. The molecule has 0 aliphatic heterocycles. The highest BCUT2D eigenvalue weighted by Gasteiger charge is 1.96. The zero-order valence-electron chi connectivity index (χ0n) is 9.78. The van der Waals surface area contributed by atoms with E-state index in [0.717, 1.165) is 5.92 Å². The summed E-state index contributed by atoms with van der Waals surface area (Å²) in [5.74, 6) is 1.51. The van der Waals surface area contributed by atoms with E-state index in [1.807, 2.05) is 0 Å². The Labute approximate surface area is 90.5 Å². The fourth-order valence-electron chi connectivity index (χ4n) is 0.521. The lowest BCUT2D eigenvalue weighted by Crippen LogP contribution is -2.06. The third kappa shape index (κ3) is 6.48. The summed E-state index contributed by atoms with van der Waals surface area (Å²) in [5, 5.41) is 2.69. The van der Waals surface area contributed by atoms with Crippen LogP contribution in [0.25, 0.3) is 0 Å². The summed E-state index contributed by atoms with van der Waals surface area (Å²) < 4.78 is 0. The van der Waals surface area contributed by atoms with Crippen LogP contribution in [-0.4, -0.2) is 22.0 Å². The molecule has 0 radical (unpaired) electrons. The SMILES string of the molecule is CCC(C)C.CNc1nc(N)nc(N)n1. The summed E-state index contributed by atoms with van der Waals surface area (Å²) >= 11 is 0. The highest BCUT2D eigenvalue weighted by molar-refractivity contribution is 5.36. The van der Waals surface area contributed by atoms with Gasteiger partial charge in [-0.2, -0.15) is 15.0 Å². The van der Waals surface area contributed by atoms with E-state index in [1.54, 1.807) is 7.05 Å². The zero-order chi connectivity index (χ0) is 11.8. The summed E-state index contributed by atoms with van der Waals surface area (Å²) in [5.41, 5.74) is 10.5. The van der Waals surface area contributed by atoms with Crippen molar-refractivity contribution in [2.24, 2.45) is 5.92 Å². The van der Waals surface area contributed by atoms with E-state index < -0.39 is 0 Å². The topological polar surface area (TPSA) is 103 Å². The third-order valence-corrected chi connectivity index (χ3v) is 1.71. The molecule has 0 amide bonds. The lowest BCUT2D eigenvalue weighted by atomic mass is 10.2. The van der Waals surface area contributed by atoms with E-state index in [2.05, 4.69) is 41.0 Å². The number of aromatic nitrogens is 3. The van der Waals surface area contributed by atoms with Crippen LogP contribution in [-0.2, 0) is 0 Å². The van der Waals surface area contributed by atoms with E-state index in [9.17, 15) is 0 Å². The molecule has 0 bridgehead atoms. The van der Waals surface area contributed by atoms with Crippen LogP contribution in [0.2, 0.25) is 0 Å². The van der Waals surface area contributed by atoms with Crippen molar-refractivity contribution in [3.63, 3.8) is 0 Å². The fourth-order valence-corrected chi connectivity index (χ4v) is 0.521. The average molecular weight is 212 g/mol. The van der Waals surface area contributed by atoms with Crippen LogP contribution in [0.5, 0.6) is 0 Å². The molecule has 0 aliphatic rings. The number of hydrogen-bond donors (Lipinski definition) is 3. The van der Waals surface area contributed by atoms with Gasteiger partial charge in [0.1, 0.15) is 0 Å². The van der Waals surface area contributed by atoms with Crippen molar-refractivity contribution in [1.82, 2.24) is 15.0 Å². The number of anilines is 3. The van der Waals surface area contributed by atoms with Crippen molar-refractivity contribution in [1.29, 1.82) is 0 Å². The van der Waals surface area contributed by atoms with E-state index in [4.69, 9.17) is 11.5 Å². The summed E-state index contributed by atoms with van der Waals surface area (Å²) in [6.07, 6.45) is 1.31. The Balaban J connectivity index is 0.000000336. The largest absolute Gasteiger partial charge is 0.368 e. The highest BCUT2D eigenvalue weighted by atomic mass is 15.2. The van der Waals surface area contributed by atoms with Crippen LogP contribution >= 0.6 is 0 Å². The molecule has 6 nitrogen and oxygen atoms in total. The van der Waals surface area contributed by atoms with Crippen LogP contribution in [0.15, 0.2) is 0 Å². The van der Waals surface area contributed by atoms with Gasteiger partial charge in [-0.05, 0) is 5.92 Å². The molecule has 1 aromatic heterocycles. The maximum absolute atomic E-state index is 5.25. The molecular weight excluding hydrogens is 192 g/mol. The number of nitrogens with one attached hydrogen (secondary N) is 1. The Morgan fingerprint density at radius 2 is 1.53 bits per heavy atom. The van der Waals surface area contributed by atoms with Gasteiger partial charge in [0.2, 0.25) is 17.8 Å². The van der Waals surface area contributed by atoms with Crippen molar-refractivity contribution in [2.75, 3.05) is 23.8 Å². The number of hydrogen-bond acceptors (Lipinski definition) is 6. The second kappa shape index (κ2) is 6.80. The number of nitrogens with zero attached hydrogens (tertiary/aromatic N) is 3. The van der Waals surface area contributed by atoms with Gasteiger partial charge in [0, 0.05) is 7.05 Å². The lowest BCUT2D eigenvalue weighted by Gasteiger charge is -1.98. The van der Waals surface area contributed by atoms with Gasteiger partial charge in [0.15, 0.2) is 0 Å². The molecule has 0 unspecified atom stereocenters. The van der Waals surface area contributed by atoms with E-state index in [1.165, 1.54) is 6.42 Å². The number of rotatable bonds is 2. The monoisotopic (exact) mass is 212 g/mol. The molecule has 0 spiro atoms. The first kappa shape index (κ1) is 13.4. The molecule has 1 rings (SSSR count). The molecule has 0 fully saturated rings. The van der Waals surface area contributed by atoms with Crippen LogP contribution in [0, 0.1) is 5.92 Å². The van der Waals surface area contributed by atoms with Gasteiger partial charge in [-0.15, -0.1) is 0 Å². The maximum atomic E-state index is 5.25. The van der Waals surface area contributed by atoms with E-state index in [0.29, 0.717) is 5.95 Å². The Morgan fingerprint density at radius 3 is 1.80 bits per heavy atom. The fraction of sp³-hybridized carbons (Fsp3) is 0.667. The predicted octanol–water partition coefficient (Wildman–Crippen LogP) is 1.13. The predicted molar refractivity (Wildman–Crippen MR) is 63.3 cm³/mol. The quantitative estimate of drug-likeness (QED) is 0.679. The summed E-state index contributed by atoms with van der Waals surface area (Å²) in [6.45, 7) is 6.64. The standard InChI is InChI=1S/C5H12.C4H8N6/c1-4-5(2)3;1-7-4-9-2(5)8-3(6)10-4/h5H,4H2,1-3H3;1H3,(H5,5,6,7,8,9,10). The van der Waals surface area contributed by atoms with Crippen LogP contribution in [0.4, 0.5) is 17.8 Å². The molecule has 0 saturated heterocycles. The van der Waals surface area contributed by atoms with E-state index >= 15 is 0 Å². The molecule has 15 heavy (non-hydrogen) atoms. The molecule has 0 aliphatic carbocycles. The first-order valence-corrected chi connectivity index (χ1v) is 4.94. The Kier molecular flexibility index (Phi) is 6.08. The molecule has 1 heterocycles. The average Bonchev–Trinajstić information content (AvgIpc) is 2.17. The molecule has 86 valence electrons. The lowest BCUT2D eigenvalue weighted by molar-refractivity contribution is 0.626. The number of nitrogens with two attached hydrogens (primary N) is 2. The summed E-state index contributed by atoms with van der Waals surface area (Å²) in [6, 6.07) is 0. The van der Waals surface area contributed by atoms with Crippen molar-refractivity contribution < 1.29 is 0 Å². The van der Waals surface area contributed by atoms with E-state index in [-0.39, 0.29) is 11.9 Å². The van der Waals surface area contributed by atoms with Crippen LogP contribution in [0.3, 0.4) is 0 Å². The minimum atomic E-state index is 0.122. The highest BCUT2D eigenvalue weighted by Crippen LogP contribution is 2.00. The van der Waals surface area contributed by atoms with Gasteiger partial charge in [0.25, 0.3) is 0 Å². The molecule has 0 aromatic carbocycles. The van der Waals surface area contributed by atoms with Crippen molar-refractivity contribution in [2.45, 2.75) is 27.2 Å². The summed E-state index contributed by atoms with van der Waals surface area (Å²) in [7, 11) is 1.67. The molecule has 0 atom stereocenters. The van der Waals surface area contributed by atoms with Gasteiger partial charge in [-0.25, -0.2) is 0 Å². The second-order valence-electron chi connectivity index (χ2n) is 3.43. The Morgan fingerprint density at radius 1 is 1.13 bits per heavy atom. The van der Waals surface area contributed by atoms with Gasteiger partial charge in [-0.1, -0.05) is 27.2 Å². The van der Waals surface area contributed by atoms with Gasteiger partial charge < -0.3 is 16.8 Å². The Hall–Kier alpha value is -1.59. The van der Waals surface area contributed by atoms with Crippen molar-refractivity contribution >= 4 is 17.8 Å².